The van der Waals surface area contributed by atoms with E-state index in [4.69, 9.17) is 5.11 Å². The summed E-state index contributed by atoms with van der Waals surface area (Å²) in [6.07, 6.45) is 4.94. The van der Waals surface area contributed by atoms with Gasteiger partial charge in [-0.3, -0.25) is 0 Å². The zero-order chi connectivity index (χ0) is 14.0. The van der Waals surface area contributed by atoms with E-state index in [1.807, 2.05) is 0 Å². The van der Waals surface area contributed by atoms with E-state index in [1.165, 1.54) is 11.3 Å². The van der Waals surface area contributed by atoms with Gasteiger partial charge in [-0.1, -0.05) is 0 Å². The summed E-state index contributed by atoms with van der Waals surface area (Å²) in [7, 11) is -3.46. The van der Waals surface area contributed by atoms with Gasteiger partial charge in [-0.2, -0.15) is 11.8 Å². The van der Waals surface area contributed by atoms with Gasteiger partial charge >= 0.3 is 0 Å². The number of hydrogen-bond acceptors (Lipinski definition) is 5. The number of thiophene rings is 1. The predicted molar refractivity (Wildman–Crippen MR) is 80.2 cm³/mol. The van der Waals surface area contributed by atoms with Crippen molar-refractivity contribution in [2.75, 3.05) is 6.26 Å². The van der Waals surface area contributed by atoms with Crippen LogP contribution < -0.4 is 4.72 Å². The second-order valence-electron chi connectivity index (χ2n) is 4.78. The first-order valence-corrected chi connectivity index (χ1v) is 9.80. The Morgan fingerprint density at radius 2 is 2.26 bits per heavy atom. The molecule has 2 rings (SSSR count). The monoisotopic (exact) mass is 321 g/mol. The molecule has 1 heterocycles. The largest absolute Gasteiger partial charge is 0.391 e. The normalized spacial score (nSPS) is 23.9. The molecule has 1 fully saturated rings. The average Bonchev–Trinajstić information content (AvgIpc) is 2.95. The zero-order valence-corrected chi connectivity index (χ0v) is 13.5. The summed E-state index contributed by atoms with van der Waals surface area (Å²) in [6, 6.07) is 1.61. The molecule has 1 aliphatic rings. The molecule has 1 aliphatic carbocycles. The van der Waals surface area contributed by atoms with Gasteiger partial charge in [0, 0.05) is 21.0 Å². The maximum Gasteiger partial charge on any atom is 0.241 e. The van der Waals surface area contributed by atoms with E-state index in [1.54, 1.807) is 24.8 Å². The molecule has 2 unspecified atom stereocenters. The van der Waals surface area contributed by atoms with Crippen LogP contribution in [0.1, 0.15) is 29.0 Å². The lowest BCUT2D eigenvalue weighted by Crippen LogP contribution is -2.33. The quantitative estimate of drug-likeness (QED) is 0.872. The van der Waals surface area contributed by atoms with E-state index < -0.39 is 10.0 Å². The standard InChI is InChI=1S/C12H19NO3S3/c1-8-12(6-11(7-14)18-8)19(15,16)13-9-3-4-10(5-9)17-2/h6,9-10,13-14H,3-5,7H2,1-2H3. The van der Waals surface area contributed by atoms with Gasteiger partial charge in [0.2, 0.25) is 10.0 Å². The first-order chi connectivity index (χ1) is 8.96. The Morgan fingerprint density at radius 1 is 1.53 bits per heavy atom. The summed E-state index contributed by atoms with van der Waals surface area (Å²) in [5.74, 6) is 0. The minimum atomic E-state index is -3.46. The Morgan fingerprint density at radius 3 is 2.79 bits per heavy atom. The van der Waals surface area contributed by atoms with E-state index in [0.29, 0.717) is 15.0 Å². The third-order valence-corrected chi connectivity index (χ3v) is 7.31. The number of hydrogen-bond donors (Lipinski definition) is 2. The van der Waals surface area contributed by atoms with Gasteiger partial charge in [-0.05, 0) is 38.5 Å². The van der Waals surface area contributed by atoms with Crippen molar-refractivity contribution in [2.24, 2.45) is 0 Å². The van der Waals surface area contributed by atoms with E-state index >= 15 is 0 Å². The van der Waals surface area contributed by atoms with Gasteiger partial charge in [-0.25, -0.2) is 13.1 Å². The topological polar surface area (TPSA) is 66.4 Å². The minimum absolute atomic E-state index is 0.0410. The Labute approximate surface area is 122 Å². The van der Waals surface area contributed by atoms with Gasteiger partial charge in [0.15, 0.2) is 0 Å². The number of nitrogens with one attached hydrogen (secondary N) is 1. The van der Waals surface area contributed by atoms with Crippen LogP contribution in [0.5, 0.6) is 0 Å². The number of aliphatic hydroxyl groups is 1. The van der Waals surface area contributed by atoms with E-state index in [9.17, 15) is 8.42 Å². The Kier molecular flexibility index (Phi) is 4.94. The summed E-state index contributed by atoms with van der Waals surface area (Å²) in [5.41, 5.74) is 0. The molecule has 4 nitrogen and oxygen atoms in total. The van der Waals surface area contributed by atoms with Crippen LogP contribution in [-0.2, 0) is 16.6 Å². The Bertz CT molecular complexity index is 538. The number of rotatable bonds is 5. The summed E-state index contributed by atoms with van der Waals surface area (Å²) in [5, 5.41) is 9.64. The van der Waals surface area contributed by atoms with Crippen LogP contribution in [0.2, 0.25) is 0 Å². The second-order valence-corrected chi connectivity index (χ2v) is 8.94. The third kappa shape index (κ3) is 3.52. The fourth-order valence-corrected chi connectivity index (χ4v) is 5.99. The molecule has 1 saturated carbocycles. The highest BCUT2D eigenvalue weighted by Gasteiger charge is 2.29. The lowest BCUT2D eigenvalue weighted by atomic mass is 10.3. The van der Waals surface area contributed by atoms with Crippen molar-refractivity contribution in [3.63, 3.8) is 0 Å². The molecule has 7 heteroatoms. The van der Waals surface area contributed by atoms with Gasteiger partial charge in [0.05, 0.1) is 11.5 Å². The Balaban J connectivity index is 2.12. The summed E-state index contributed by atoms with van der Waals surface area (Å²) < 4.78 is 27.5. The molecule has 1 aromatic rings. The van der Waals surface area contributed by atoms with Crippen molar-refractivity contribution >= 4 is 33.1 Å². The predicted octanol–water partition coefficient (Wildman–Crippen LogP) is 2.11. The smallest absolute Gasteiger partial charge is 0.241 e. The first kappa shape index (κ1) is 15.3. The van der Waals surface area contributed by atoms with Crippen LogP contribution in [-0.4, -0.2) is 31.1 Å². The average molecular weight is 321 g/mol. The van der Waals surface area contributed by atoms with E-state index in [0.717, 1.165) is 24.1 Å². The molecule has 2 atom stereocenters. The molecular formula is C12H19NO3S3. The summed E-state index contributed by atoms with van der Waals surface area (Å²) in [6.45, 7) is 1.66. The maximum atomic E-state index is 12.3. The van der Waals surface area contributed by atoms with Crippen molar-refractivity contribution in [1.29, 1.82) is 0 Å². The molecule has 1 aromatic heterocycles. The molecule has 0 amide bonds. The summed E-state index contributed by atoms with van der Waals surface area (Å²) in [4.78, 5) is 1.73. The molecule has 2 N–H and O–H groups in total. The molecule has 108 valence electrons. The Hall–Kier alpha value is -0.0800. The van der Waals surface area contributed by atoms with Crippen molar-refractivity contribution in [1.82, 2.24) is 4.72 Å². The van der Waals surface area contributed by atoms with Crippen molar-refractivity contribution in [3.05, 3.63) is 15.8 Å². The summed E-state index contributed by atoms with van der Waals surface area (Å²) >= 11 is 3.13. The number of thioether (sulfide) groups is 1. The molecule has 0 radical (unpaired) electrons. The van der Waals surface area contributed by atoms with E-state index in [-0.39, 0.29) is 12.6 Å². The maximum absolute atomic E-state index is 12.3. The van der Waals surface area contributed by atoms with Crippen LogP contribution >= 0.6 is 23.1 Å². The molecule has 0 aromatic carbocycles. The number of sulfonamides is 1. The molecule has 0 aliphatic heterocycles. The van der Waals surface area contributed by atoms with Crippen molar-refractivity contribution in [3.8, 4) is 0 Å². The van der Waals surface area contributed by atoms with E-state index in [2.05, 4.69) is 11.0 Å². The van der Waals surface area contributed by atoms with Crippen LogP contribution in [0.25, 0.3) is 0 Å². The molecule has 0 bridgehead atoms. The lowest BCUT2D eigenvalue weighted by molar-refractivity contribution is 0.285. The zero-order valence-electron chi connectivity index (χ0n) is 11.0. The highest BCUT2D eigenvalue weighted by molar-refractivity contribution is 7.99. The number of aliphatic hydroxyl groups excluding tert-OH is 1. The molecule has 0 spiro atoms. The highest BCUT2D eigenvalue weighted by atomic mass is 32.2. The fourth-order valence-electron chi connectivity index (χ4n) is 2.41. The molecule has 0 saturated heterocycles. The lowest BCUT2D eigenvalue weighted by Gasteiger charge is -2.13. The fraction of sp³-hybridized carbons (Fsp3) is 0.667. The van der Waals surface area contributed by atoms with Crippen molar-refractivity contribution < 1.29 is 13.5 Å². The SMILES string of the molecule is CSC1CCC(NS(=O)(=O)c2cc(CO)sc2C)C1. The van der Waals surface area contributed by atoms with Gasteiger partial charge in [0.25, 0.3) is 0 Å². The van der Waals surface area contributed by atoms with Gasteiger partial charge < -0.3 is 5.11 Å². The second kappa shape index (κ2) is 6.13. The van der Waals surface area contributed by atoms with Gasteiger partial charge in [0.1, 0.15) is 0 Å². The van der Waals surface area contributed by atoms with Crippen LogP contribution in [0.3, 0.4) is 0 Å². The van der Waals surface area contributed by atoms with Crippen LogP contribution in [0, 0.1) is 6.92 Å². The molecular weight excluding hydrogens is 302 g/mol. The van der Waals surface area contributed by atoms with Crippen LogP contribution in [0.15, 0.2) is 11.0 Å². The van der Waals surface area contributed by atoms with Gasteiger partial charge in [-0.15, -0.1) is 11.3 Å². The third-order valence-electron chi connectivity index (χ3n) is 3.41. The van der Waals surface area contributed by atoms with Crippen molar-refractivity contribution in [2.45, 2.75) is 49.0 Å². The first-order valence-electron chi connectivity index (χ1n) is 6.21. The highest BCUT2D eigenvalue weighted by Crippen LogP contribution is 2.31. The van der Waals surface area contributed by atoms with Crippen LogP contribution in [0.4, 0.5) is 0 Å². The number of aryl methyl sites for hydroxylation is 1. The minimum Gasteiger partial charge on any atom is -0.391 e. The molecule has 19 heavy (non-hydrogen) atoms.